The van der Waals surface area contributed by atoms with Gasteiger partial charge in [-0.05, 0) is 32.4 Å². The van der Waals surface area contributed by atoms with Crippen molar-refractivity contribution in [3.8, 4) is 0 Å². The van der Waals surface area contributed by atoms with Crippen LogP contribution < -0.4 is 5.32 Å². The molecule has 4 heteroatoms. The highest BCUT2D eigenvalue weighted by Crippen LogP contribution is 2.17. The smallest absolute Gasteiger partial charge is 0.237 e. The van der Waals surface area contributed by atoms with Crippen LogP contribution in [-0.4, -0.2) is 15.7 Å². The van der Waals surface area contributed by atoms with Gasteiger partial charge in [-0.25, -0.2) is 0 Å². The molecule has 0 saturated heterocycles. The fourth-order valence-electron chi connectivity index (χ4n) is 1.11. The van der Waals surface area contributed by atoms with Crippen molar-refractivity contribution in [3.63, 3.8) is 0 Å². The van der Waals surface area contributed by atoms with Gasteiger partial charge < -0.3 is 5.32 Å². The van der Waals surface area contributed by atoms with E-state index < -0.39 is 0 Å². The molecule has 0 aliphatic rings. The fourth-order valence-corrected chi connectivity index (χ4v) is 1.22. The summed E-state index contributed by atoms with van der Waals surface area (Å²) in [7, 11) is 0. The van der Waals surface area contributed by atoms with Crippen molar-refractivity contribution in [1.82, 2.24) is 4.98 Å². The zero-order chi connectivity index (χ0) is 10.7. The first-order valence-electron chi connectivity index (χ1n) is 4.39. The topological polar surface area (TPSA) is 42.0 Å². The van der Waals surface area contributed by atoms with E-state index in [1.807, 2.05) is 19.9 Å². The summed E-state index contributed by atoms with van der Waals surface area (Å²) in [4.78, 5) is 15.4. The predicted octanol–water partition coefficient (Wildman–Crippen LogP) is 2.42. The van der Waals surface area contributed by atoms with E-state index in [0.717, 1.165) is 16.9 Å². The lowest BCUT2D eigenvalue weighted by Crippen LogP contribution is -2.21. The number of carbonyl (C=O) groups excluding carboxylic acids is 1. The van der Waals surface area contributed by atoms with Gasteiger partial charge in [0.2, 0.25) is 5.91 Å². The molecule has 0 fully saturated rings. The molecule has 1 heterocycles. The van der Waals surface area contributed by atoms with Crippen molar-refractivity contribution in [3.05, 3.63) is 23.5 Å². The number of carbonyl (C=O) groups is 1. The van der Waals surface area contributed by atoms with Crippen LogP contribution in [0.3, 0.4) is 0 Å². The zero-order valence-corrected chi connectivity index (χ0v) is 10.1. The molecule has 0 saturated carbocycles. The van der Waals surface area contributed by atoms with Crippen molar-refractivity contribution >= 4 is 27.5 Å². The Morgan fingerprint density at radius 3 is 2.71 bits per heavy atom. The Hall–Kier alpha value is -0.900. The van der Waals surface area contributed by atoms with Gasteiger partial charge >= 0.3 is 0 Å². The molecule has 0 radical (unpaired) electrons. The minimum absolute atomic E-state index is 0.0517. The molecule has 76 valence electrons. The molecule has 0 aliphatic carbocycles. The molecule has 1 aromatic rings. The number of aromatic nitrogens is 1. The monoisotopic (exact) mass is 256 g/mol. The number of hydrogen-bond donors (Lipinski definition) is 1. The molecule has 1 N–H and O–H groups in total. The van der Waals surface area contributed by atoms with Crippen LogP contribution in [0.15, 0.2) is 12.3 Å². The van der Waals surface area contributed by atoms with Gasteiger partial charge in [-0.1, -0.05) is 15.9 Å². The van der Waals surface area contributed by atoms with Gasteiger partial charge in [-0.3, -0.25) is 9.78 Å². The molecule has 0 spiro atoms. The number of aryl methyl sites for hydroxylation is 2. The highest BCUT2D eigenvalue weighted by atomic mass is 79.9. The summed E-state index contributed by atoms with van der Waals surface area (Å²) in [6.07, 6.45) is 1.73. The summed E-state index contributed by atoms with van der Waals surface area (Å²) in [5, 5.41) is 2.83. The van der Waals surface area contributed by atoms with E-state index in [9.17, 15) is 4.79 Å². The van der Waals surface area contributed by atoms with Crippen LogP contribution in [0.4, 0.5) is 5.69 Å². The molecule has 0 aromatic carbocycles. The Morgan fingerprint density at radius 1 is 1.57 bits per heavy atom. The van der Waals surface area contributed by atoms with E-state index in [1.165, 1.54) is 0 Å². The lowest BCUT2D eigenvalue weighted by atomic mass is 10.2. The summed E-state index contributed by atoms with van der Waals surface area (Å²) in [6, 6.07) is 1.88. The highest BCUT2D eigenvalue weighted by molar-refractivity contribution is 9.10. The number of anilines is 1. The van der Waals surface area contributed by atoms with Crippen molar-refractivity contribution in [2.45, 2.75) is 25.6 Å². The van der Waals surface area contributed by atoms with Crippen LogP contribution >= 0.6 is 15.9 Å². The van der Waals surface area contributed by atoms with E-state index in [-0.39, 0.29) is 10.7 Å². The number of nitrogens with one attached hydrogen (secondary N) is 1. The Bertz CT molecular complexity index is 330. The van der Waals surface area contributed by atoms with E-state index in [4.69, 9.17) is 0 Å². The van der Waals surface area contributed by atoms with Crippen molar-refractivity contribution < 1.29 is 4.79 Å². The first-order chi connectivity index (χ1) is 6.52. The minimum atomic E-state index is -0.193. The van der Waals surface area contributed by atoms with Crippen LogP contribution in [0, 0.1) is 13.8 Å². The fraction of sp³-hybridized carbons (Fsp3) is 0.400. The Morgan fingerprint density at radius 2 is 2.21 bits per heavy atom. The Kier molecular flexibility index (Phi) is 3.63. The average molecular weight is 257 g/mol. The predicted molar refractivity (Wildman–Crippen MR) is 60.7 cm³/mol. The molecule has 1 atom stereocenters. The maximum absolute atomic E-state index is 11.4. The Balaban J connectivity index is 2.91. The first kappa shape index (κ1) is 11.2. The molecular formula is C10H13BrN2O. The Labute approximate surface area is 92.1 Å². The van der Waals surface area contributed by atoms with Crippen LogP contribution in [0.2, 0.25) is 0 Å². The summed E-state index contributed by atoms with van der Waals surface area (Å²) in [5.41, 5.74) is 2.68. The summed E-state index contributed by atoms with van der Waals surface area (Å²) < 4.78 is 0. The van der Waals surface area contributed by atoms with E-state index >= 15 is 0 Å². The third-order valence-electron chi connectivity index (χ3n) is 1.96. The molecule has 3 nitrogen and oxygen atoms in total. The molecule has 1 amide bonds. The maximum atomic E-state index is 11.4. The lowest BCUT2D eigenvalue weighted by molar-refractivity contribution is -0.115. The average Bonchev–Trinajstić information content (AvgIpc) is 2.11. The van der Waals surface area contributed by atoms with E-state index in [2.05, 4.69) is 26.2 Å². The van der Waals surface area contributed by atoms with Gasteiger partial charge in [-0.2, -0.15) is 0 Å². The number of halogens is 1. The zero-order valence-electron chi connectivity index (χ0n) is 8.47. The highest BCUT2D eigenvalue weighted by Gasteiger charge is 2.11. The van der Waals surface area contributed by atoms with Crippen LogP contribution in [0.25, 0.3) is 0 Å². The second-order valence-corrected chi connectivity index (χ2v) is 4.57. The molecular weight excluding hydrogens is 244 g/mol. The summed E-state index contributed by atoms with van der Waals surface area (Å²) >= 11 is 3.21. The second-order valence-electron chi connectivity index (χ2n) is 3.19. The number of nitrogens with zero attached hydrogens (tertiary/aromatic N) is 1. The molecule has 1 rings (SSSR count). The third kappa shape index (κ3) is 2.54. The maximum Gasteiger partial charge on any atom is 0.237 e. The van der Waals surface area contributed by atoms with Crippen molar-refractivity contribution in [2.75, 3.05) is 5.32 Å². The summed E-state index contributed by atoms with van der Waals surface area (Å²) in [5.74, 6) is -0.0517. The number of pyridine rings is 1. The van der Waals surface area contributed by atoms with E-state index in [0.29, 0.717) is 0 Å². The van der Waals surface area contributed by atoms with Gasteiger partial charge in [0.1, 0.15) is 0 Å². The van der Waals surface area contributed by atoms with Gasteiger partial charge in [0.25, 0.3) is 0 Å². The molecule has 0 aliphatic heterocycles. The molecule has 14 heavy (non-hydrogen) atoms. The van der Waals surface area contributed by atoms with Gasteiger partial charge in [0.05, 0.1) is 16.2 Å². The number of alkyl halides is 1. The quantitative estimate of drug-likeness (QED) is 0.827. The minimum Gasteiger partial charge on any atom is -0.323 e. The molecule has 0 bridgehead atoms. The summed E-state index contributed by atoms with van der Waals surface area (Å²) in [6.45, 7) is 5.61. The standard InChI is InChI=1S/C10H13BrN2O/c1-6-4-5-12-8(3)9(6)13-10(14)7(2)11/h4-5,7H,1-3H3,(H,13,14). The largest absolute Gasteiger partial charge is 0.323 e. The van der Waals surface area contributed by atoms with E-state index in [1.54, 1.807) is 13.1 Å². The number of rotatable bonds is 2. The lowest BCUT2D eigenvalue weighted by Gasteiger charge is -2.11. The number of hydrogen-bond acceptors (Lipinski definition) is 2. The van der Waals surface area contributed by atoms with Crippen molar-refractivity contribution in [2.24, 2.45) is 0 Å². The SMILES string of the molecule is Cc1ccnc(C)c1NC(=O)C(C)Br. The van der Waals surface area contributed by atoms with Gasteiger partial charge in [0, 0.05) is 6.20 Å². The molecule has 1 aromatic heterocycles. The second kappa shape index (κ2) is 4.55. The van der Waals surface area contributed by atoms with Gasteiger partial charge in [0.15, 0.2) is 0 Å². The normalized spacial score (nSPS) is 12.3. The van der Waals surface area contributed by atoms with Gasteiger partial charge in [-0.15, -0.1) is 0 Å². The van der Waals surface area contributed by atoms with Crippen LogP contribution in [-0.2, 0) is 4.79 Å². The first-order valence-corrected chi connectivity index (χ1v) is 5.31. The van der Waals surface area contributed by atoms with Crippen LogP contribution in [0.1, 0.15) is 18.2 Å². The van der Waals surface area contributed by atoms with Crippen LogP contribution in [0.5, 0.6) is 0 Å². The third-order valence-corrected chi connectivity index (χ3v) is 2.37. The molecule has 1 unspecified atom stereocenters. The van der Waals surface area contributed by atoms with Crippen molar-refractivity contribution in [1.29, 1.82) is 0 Å². The number of amides is 1.